The van der Waals surface area contributed by atoms with Crippen molar-refractivity contribution in [3.05, 3.63) is 59.9 Å². The van der Waals surface area contributed by atoms with Crippen molar-refractivity contribution in [2.45, 2.75) is 24.7 Å². The van der Waals surface area contributed by atoms with E-state index in [9.17, 15) is 17.6 Å². The first-order valence-corrected chi connectivity index (χ1v) is 11.1. The van der Waals surface area contributed by atoms with E-state index in [0.717, 1.165) is 12.8 Å². The Balaban J connectivity index is 1.54. The summed E-state index contributed by atoms with van der Waals surface area (Å²) in [6, 6.07) is 11.9. The van der Waals surface area contributed by atoms with Crippen molar-refractivity contribution in [1.82, 2.24) is 9.62 Å². The van der Waals surface area contributed by atoms with Crippen LogP contribution in [-0.2, 0) is 10.0 Å². The minimum Gasteiger partial charge on any atom is -0.489 e. The molecule has 6 nitrogen and oxygen atoms in total. The summed E-state index contributed by atoms with van der Waals surface area (Å²) in [5.74, 6) is -0.338. The van der Waals surface area contributed by atoms with Gasteiger partial charge in [-0.25, -0.2) is 12.8 Å². The van der Waals surface area contributed by atoms with Gasteiger partial charge in [0.1, 0.15) is 6.61 Å². The van der Waals surface area contributed by atoms with Crippen molar-refractivity contribution in [3.63, 3.8) is 0 Å². The van der Waals surface area contributed by atoms with E-state index in [4.69, 9.17) is 4.74 Å². The first kappa shape index (κ1) is 21.3. The molecule has 0 saturated carbocycles. The number of sulfonamides is 1. The average molecular weight is 421 g/mol. The predicted octanol–water partition coefficient (Wildman–Crippen LogP) is 3.06. The number of halogens is 1. The highest BCUT2D eigenvalue weighted by molar-refractivity contribution is 7.89. The number of piperidine rings is 1. The van der Waals surface area contributed by atoms with Gasteiger partial charge in [0.15, 0.2) is 11.6 Å². The first-order valence-electron chi connectivity index (χ1n) is 9.63. The van der Waals surface area contributed by atoms with E-state index < -0.39 is 15.8 Å². The molecule has 8 heteroatoms. The predicted molar refractivity (Wildman–Crippen MR) is 108 cm³/mol. The second kappa shape index (κ2) is 9.37. The number of nitrogens with zero attached hydrogens (tertiary/aromatic N) is 1. The third kappa shape index (κ3) is 5.33. The van der Waals surface area contributed by atoms with Crippen LogP contribution in [0.3, 0.4) is 0 Å². The Bertz CT molecular complexity index is 947. The summed E-state index contributed by atoms with van der Waals surface area (Å²) in [6.07, 6.45) is 1.89. The number of benzene rings is 2. The van der Waals surface area contributed by atoms with Crippen LogP contribution in [-0.4, -0.2) is 44.9 Å². The molecule has 3 rings (SSSR count). The van der Waals surface area contributed by atoms with Gasteiger partial charge in [0.25, 0.3) is 5.91 Å². The fraction of sp³-hybridized carbons (Fsp3) is 0.381. The lowest BCUT2D eigenvalue weighted by Gasteiger charge is -2.30. The molecule has 1 N–H and O–H groups in total. The Hall–Kier alpha value is -2.45. The Labute approximate surface area is 170 Å². The summed E-state index contributed by atoms with van der Waals surface area (Å²) in [5.41, 5.74) is 0.349. The molecule has 0 spiro atoms. The monoisotopic (exact) mass is 420 g/mol. The van der Waals surface area contributed by atoms with Crippen LogP contribution < -0.4 is 10.1 Å². The Morgan fingerprint density at radius 1 is 1.21 bits per heavy atom. The summed E-state index contributed by atoms with van der Waals surface area (Å²) >= 11 is 0. The first-order chi connectivity index (χ1) is 13.9. The fourth-order valence-electron chi connectivity index (χ4n) is 3.28. The molecule has 1 unspecified atom stereocenters. The number of hydrogen-bond acceptors (Lipinski definition) is 4. The summed E-state index contributed by atoms with van der Waals surface area (Å²) in [4.78, 5) is 12.4. The Morgan fingerprint density at radius 3 is 2.62 bits per heavy atom. The molecule has 1 fully saturated rings. The second-order valence-corrected chi connectivity index (χ2v) is 9.11. The van der Waals surface area contributed by atoms with E-state index >= 15 is 0 Å². The van der Waals surface area contributed by atoms with Crippen molar-refractivity contribution >= 4 is 15.9 Å². The molecular weight excluding hydrogens is 395 g/mol. The van der Waals surface area contributed by atoms with Crippen LogP contribution in [0.2, 0.25) is 0 Å². The molecule has 1 aliphatic rings. The van der Waals surface area contributed by atoms with Gasteiger partial charge >= 0.3 is 0 Å². The molecule has 1 saturated heterocycles. The maximum absolute atomic E-state index is 13.5. The standard InChI is InChI=1S/C21H25FN2O4S/c1-16-5-4-13-24(15-16)29(26,27)18-10-8-17(9-11-18)21(25)23-12-14-28-20-7-3-2-6-19(20)22/h2-3,6-11,16H,4-5,12-15H2,1H3,(H,23,25). The minimum absolute atomic E-state index is 0.117. The van der Waals surface area contributed by atoms with Gasteiger partial charge in [-0.2, -0.15) is 4.31 Å². The van der Waals surface area contributed by atoms with Crippen molar-refractivity contribution in [2.75, 3.05) is 26.2 Å². The SMILES string of the molecule is CC1CCCN(S(=O)(=O)c2ccc(C(=O)NCCOc3ccccc3F)cc2)C1. The zero-order valence-electron chi connectivity index (χ0n) is 16.3. The molecule has 1 amide bonds. The number of nitrogens with one attached hydrogen (secondary N) is 1. The van der Waals surface area contributed by atoms with Gasteiger partial charge < -0.3 is 10.1 Å². The number of para-hydroxylation sites is 1. The zero-order valence-corrected chi connectivity index (χ0v) is 17.1. The number of ether oxygens (including phenoxy) is 1. The molecule has 0 aromatic heterocycles. The van der Waals surface area contributed by atoms with E-state index in [0.29, 0.717) is 24.6 Å². The molecule has 0 radical (unpaired) electrons. The molecule has 0 bridgehead atoms. The van der Waals surface area contributed by atoms with Gasteiger partial charge in [-0.05, 0) is 55.2 Å². The van der Waals surface area contributed by atoms with Crippen molar-refractivity contribution in [1.29, 1.82) is 0 Å². The lowest BCUT2D eigenvalue weighted by Crippen LogP contribution is -2.39. The van der Waals surface area contributed by atoms with Crippen LogP contribution in [0.4, 0.5) is 4.39 Å². The largest absolute Gasteiger partial charge is 0.489 e. The highest BCUT2D eigenvalue weighted by Gasteiger charge is 2.28. The van der Waals surface area contributed by atoms with Gasteiger partial charge in [0.2, 0.25) is 10.0 Å². The van der Waals surface area contributed by atoms with Crippen LogP contribution >= 0.6 is 0 Å². The molecule has 0 aliphatic carbocycles. The fourth-order valence-corrected chi connectivity index (χ4v) is 4.88. The molecule has 156 valence electrons. The lowest BCUT2D eigenvalue weighted by atomic mass is 10.0. The zero-order chi connectivity index (χ0) is 20.9. The molecular formula is C21H25FN2O4S. The van der Waals surface area contributed by atoms with Crippen LogP contribution in [0.15, 0.2) is 53.4 Å². The highest BCUT2D eigenvalue weighted by atomic mass is 32.2. The quantitative estimate of drug-likeness (QED) is 0.699. The lowest BCUT2D eigenvalue weighted by molar-refractivity contribution is 0.0946. The Kier molecular flexibility index (Phi) is 6.87. The molecule has 2 aromatic carbocycles. The number of hydrogen-bond donors (Lipinski definition) is 1. The van der Waals surface area contributed by atoms with Crippen LogP contribution in [0.1, 0.15) is 30.1 Å². The summed E-state index contributed by atoms with van der Waals surface area (Å²) in [7, 11) is -3.55. The van der Waals surface area contributed by atoms with Gasteiger partial charge in [-0.1, -0.05) is 19.1 Å². The van der Waals surface area contributed by atoms with E-state index in [-0.39, 0.29) is 29.7 Å². The Morgan fingerprint density at radius 2 is 1.93 bits per heavy atom. The second-order valence-electron chi connectivity index (χ2n) is 7.17. The highest BCUT2D eigenvalue weighted by Crippen LogP contribution is 2.23. The maximum Gasteiger partial charge on any atom is 0.251 e. The van der Waals surface area contributed by atoms with Gasteiger partial charge in [-0.3, -0.25) is 4.79 Å². The third-order valence-corrected chi connectivity index (χ3v) is 6.74. The summed E-state index contributed by atoms with van der Waals surface area (Å²) < 4.78 is 45.8. The summed E-state index contributed by atoms with van der Waals surface area (Å²) in [5, 5.41) is 2.67. The molecule has 1 atom stereocenters. The number of amides is 1. The van der Waals surface area contributed by atoms with Gasteiger partial charge in [0.05, 0.1) is 11.4 Å². The molecule has 29 heavy (non-hydrogen) atoms. The van der Waals surface area contributed by atoms with E-state index in [2.05, 4.69) is 5.32 Å². The van der Waals surface area contributed by atoms with Crippen molar-refractivity contribution in [3.8, 4) is 5.75 Å². The van der Waals surface area contributed by atoms with Crippen molar-refractivity contribution < 1.29 is 22.3 Å². The topological polar surface area (TPSA) is 75.7 Å². The van der Waals surface area contributed by atoms with E-state index in [1.807, 2.05) is 6.92 Å². The summed E-state index contributed by atoms with van der Waals surface area (Å²) in [6.45, 7) is 3.40. The van der Waals surface area contributed by atoms with Crippen LogP contribution in [0, 0.1) is 11.7 Å². The van der Waals surface area contributed by atoms with Gasteiger partial charge in [0, 0.05) is 18.7 Å². The number of rotatable bonds is 7. The van der Waals surface area contributed by atoms with E-state index in [1.165, 1.54) is 40.7 Å². The maximum atomic E-state index is 13.5. The average Bonchev–Trinajstić information content (AvgIpc) is 2.72. The van der Waals surface area contributed by atoms with Crippen LogP contribution in [0.25, 0.3) is 0 Å². The smallest absolute Gasteiger partial charge is 0.251 e. The number of carbonyl (C=O) groups is 1. The molecule has 1 aliphatic heterocycles. The normalized spacial score (nSPS) is 17.7. The van der Waals surface area contributed by atoms with Crippen LogP contribution in [0.5, 0.6) is 5.75 Å². The van der Waals surface area contributed by atoms with Gasteiger partial charge in [-0.15, -0.1) is 0 Å². The van der Waals surface area contributed by atoms with E-state index in [1.54, 1.807) is 12.1 Å². The van der Waals surface area contributed by atoms with Crippen molar-refractivity contribution in [2.24, 2.45) is 5.92 Å². The minimum atomic E-state index is -3.55. The molecule has 2 aromatic rings. The molecule has 1 heterocycles. The third-order valence-electron chi connectivity index (χ3n) is 4.86. The number of carbonyl (C=O) groups excluding carboxylic acids is 1.